The van der Waals surface area contributed by atoms with E-state index in [-0.39, 0.29) is 16.3 Å². The summed E-state index contributed by atoms with van der Waals surface area (Å²) in [5.41, 5.74) is 2.24. The van der Waals surface area contributed by atoms with Crippen molar-refractivity contribution in [2.75, 3.05) is 5.32 Å². The van der Waals surface area contributed by atoms with E-state index in [0.717, 1.165) is 11.1 Å². The zero-order valence-corrected chi connectivity index (χ0v) is 13.7. The predicted molar refractivity (Wildman–Crippen MR) is 97.9 cm³/mol. The minimum absolute atomic E-state index is 0.0790. The first-order chi connectivity index (χ1) is 12.0. The van der Waals surface area contributed by atoms with Gasteiger partial charge in [-0.15, -0.1) is 0 Å². The molecule has 0 saturated carbocycles. The van der Waals surface area contributed by atoms with E-state index < -0.39 is 10.8 Å². The maximum absolute atomic E-state index is 12.4. The van der Waals surface area contributed by atoms with Gasteiger partial charge in [-0.2, -0.15) is 0 Å². The molecule has 124 valence electrons. The van der Waals surface area contributed by atoms with Crippen LogP contribution in [0.2, 0.25) is 5.02 Å². The molecule has 6 heteroatoms. The third-order valence-electron chi connectivity index (χ3n) is 3.65. The Balaban J connectivity index is 1.82. The van der Waals surface area contributed by atoms with Crippen LogP contribution >= 0.6 is 11.6 Å². The highest BCUT2D eigenvalue weighted by molar-refractivity contribution is 6.31. The lowest BCUT2D eigenvalue weighted by Crippen LogP contribution is -2.14. The molecule has 0 unspecified atom stereocenters. The zero-order valence-electron chi connectivity index (χ0n) is 13.0. The maximum Gasteiger partial charge on any atom is 0.282 e. The van der Waals surface area contributed by atoms with Gasteiger partial charge in [0.15, 0.2) is 0 Å². The fourth-order valence-corrected chi connectivity index (χ4v) is 2.60. The average Bonchev–Trinajstić information content (AvgIpc) is 2.62. The summed E-state index contributed by atoms with van der Waals surface area (Å²) in [7, 11) is 0. The van der Waals surface area contributed by atoms with Crippen LogP contribution in [0.5, 0.6) is 0 Å². The van der Waals surface area contributed by atoms with E-state index in [1.807, 2.05) is 42.5 Å². The van der Waals surface area contributed by atoms with Gasteiger partial charge in [0.2, 0.25) is 0 Å². The van der Waals surface area contributed by atoms with Crippen LogP contribution in [0.1, 0.15) is 10.4 Å². The molecule has 25 heavy (non-hydrogen) atoms. The van der Waals surface area contributed by atoms with Crippen LogP contribution < -0.4 is 5.32 Å². The number of rotatable bonds is 4. The highest BCUT2D eigenvalue weighted by atomic mass is 35.5. The molecular formula is C19H13ClN2O3. The maximum atomic E-state index is 12.4. The van der Waals surface area contributed by atoms with Gasteiger partial charge in [0.25, 0.3) is 11.6 Å². The number of nitro benzene ring substituents is 1. The van der Waals surface area contributed by atoms with Gasteiger partial charge in [-0.05, 0) is 35.4 Å². The number of benzene rings is 3. The molecule has 0 fully saturated rings. The molecule has 0 bridgehead atoms. The lowest BCUT2D eigenvalue weighted by molar-refractivity contribution is -0.385. The molecule has 0 saturated heterocycles. The molecule has 3 aromatic rings. The van der Waals surface area contributed by atoms with Crippen LogP contribution in [0.4, 0.5) is 11.4 Å². The molecule has 0 heterocycles. The van der Waals surface area contributed by atoms with E-state index in [1.54, 1.807) is 12.1 Å². The third kappa shape index (κ3) is 3.84. The minimum Gasteiger partial charge on any atom is -0.322 e. The number of amides is 1. The standard InChI is InChI=1S/C19H13ClN2O3/c20-15-8-11-18(22(24)25)17(12-15)19(23)21-16-9-6-14(7-10-16)13-4-2-1-3-5-13/h1-12H,(H,21,23). The van der Waals surface area contributed by atoms with E-state index in [9.17, 15) is 14.9 Å². The second-order valence-electron chi connectivity index (χ2n) is 5.32. The number of halogens is 1. The second kappa shape index (κ2) is 7.15. The summed E-state index contributed by atoms with van der Waals surface area (Å²) in [4.78, 5) is 22.8. The molecular weight excluding hydrogens is 340 g/mol. The fraction of sp³-hybridized carbons (Fsp3) is 0. The fourth-order valence-electron chi connectivity index (χ4n) is 2.42. The normalized spacial score (nSPS) is 10.3. The quantitative estimate of drug-likeness (QED) is 0.520. The van der Waals surface area contributed by atoms with Crippen molar-refractivity contribution < 1.29 is 9.72 Å². The Hall–Kier alpha value is -3.18. The summed E-state index contributed by atoms with van der Waals surface area (Å²) < 4.78 is 0. The lowest BCUT2D eigenvalue weighted by Gasteiger charge is -2.08. The molecule has 5 nitrogen and oxygen atoms in total. The Morgan fingerprint density at radius 2 is 1.56 bits per heavy atom. The Labute approximate surface area is 149 Å². The topological polar surface area (TPSA) is 72.2 Å². The Morgan fingerprint density at radius 3 is 2.20 bits per heavy atom. The Kier molecular flexibility index (Phi) is 4.77. The number of nitro groups is 1. The van der Waals surface area contributed by atoms with Crippen molar-refractivity contribution >= 4 is 28.9 Å². The molecule has 3 rings (SSSR count). The average molecular weight is 353 g/mol. The number of carbonyl (C=O) groups excluding carboxylic acids is 1. The van der Waals surface area contributed by atoms with E-state index in [0.29, 0.717) is 5.69 Å². The van der Waals surface area contributed by atoms with Crippen LogP contribution in [0, 0.1) is 10.1 Å². The van der Waals surface area contributed by atoms with Crippen molar-refractivity contribution in [1.82, 2.24) is 0 Å². The van der Waals surface area contributed by atoms with Crippen LogP contribution in [0.15, 0.2) is 72.8 Å². The van der Waals surface area contributed by atoms with Gasteiger partial charge >= 0.3 is 0 Å². The minimum atomic E-state index is -0.607. The third-order valence-corrected chi connectivity index (χ3v) is 3.88. The number of carbonyl (C=O) groups is 1. The first-order valence-electron chi connectivity index (χ1n) is 7.45. The Morgan fingerprint density at radius 1 is 0.920 bits per heavy atom. The number of hydrogen-bond donors (Lipinski definition) is 1. The van der Waals surface area contributed by atoms with Gasteiger partial charge in [-0.25, -0.2) is 0 Å². The van der Waals surface area contributed by atoms with Crippen molar-refractivity contribution in [2.24, 2.45) is 0 Å². The van der Waals surface area contributed by atoms with Crippen molar-refractivity contribution in [1.29, 1.82) is 0 Å². The van der Waals surface area contributed by atoms with Crippen molar-refractivity contribution in [2.45, 2.75) is 0 Å². The number of hydrogen-bond acceptors (Lipinski definition) is 3. The van der Waals surface area contributed by atoms with Gasteiger partial charge in [-0.3, -0.25) is 14.9 Å². The number of nitrogens with zero attached hydrogens (tertiary/aromatic N) is 1. The van der Waals surface area contributed by atoms with Crippen molar-refractivity contribution in [3.63, 3.8) is 0 Å². The summed E-state index contributed by atoms with van der Waals surface area (Å²) in [6.07, 6.45) is 0. The summed E-state index contributed by atoms with van der Waals surface area (Å²) in [6.45, 7) is 0. The summed E-state index contributed by atoms with van der Waals surface area (Å²) in [5.74, 6) is -0.582. The molecule has 0 radical (unpaired) electrons. The van der Waals surface area contributed by atoms with Crippen molar-refractivity contribution in [3.05, 3.63) is 93.5 Å². The number of anilines is 1. The monoisotopic (exact) mass is 352 g/mol. The zero-order chi connectivity index (χ0) is 17.8. The predicted octanol–water partition coefficient (Wildman–Crippen LogP) is 5.17. The van der Waals surface area contributed by atoms with Crippen molar-refractivity contribution in [3.8, 4) is 11.1 Å². The summed E-state index contributed by atoms with van der Waals surface area (Å²) in [6, 6.07) is 20.9. The van der Waals surface area contributed by atoms with Gasteiger partial charge < -0.3 is 5.32 Å². The van der Waals surface area contributed by atoms with Crippen LogP contribution in [-0.2, 0) is 0 Å². The van der Waals surface area contributed by atoms with Crippen LogP contribution in [-0.4, -0.2) is 10.8 Å². The molecule has 0 aliphatic carbocycles. The van der Waals surface area contributed by atoms with E-state index in [2.05, 4.69) is 5.32 Å². The molecule has 0 aromatic heterocycles. The van der Waals surface area contributed by atoms with Crippen LogP contribution in [0.25, 0.3) is 11.1 Å². The molecule has 1 amide bonds. The van der Waals surface area contributed by atoms with E-state index in [4.69, 9.17) is 11.6 Å². The lowest BCUT2D eigenvalue weighted by atomic mass is 10.1. The highest BCUT2D eigenvalue weighted by Crippen LogP contribution is 2.25. The molecule has 0 atom stereocenters. The van der Waals surface area contributed by atoms with Gasteiger partial charge in [0.1, 0.15) is 5.56 Å². The first-order valence-corrected chi connectivity index (χ1v) is 7.83. The van der Waals surface area contributed by atoms with Crippen LogP contribution in [0.3, 0.4) is 0 Å². The molecule has 0 spiro atoms. The van der Waals surface area contributed by atoms with Gasteiger partial charge in [0, 0.05) is 16.8 Å². The SMILES string of the molecule is O=C(Nc1ccc(-c2ccccc2)cc1)c1cc(Cl)ccc1[N+](=O)[O-]. The van der Waals surface area contributed by atoms with E-state index >= 15 is 0 Å². The molecule has 1 N–H and O–H groups in total. The number of nitrogens with one attached hydrogen (secondary N) is 1. The highest BCUT2D eigenvalue weighted by Gasteiger charge is 2.20. The second-order valence-corrected chi connectivity index (χ2v) is 5.75. The summed E-state index contributed by atoms with van der Waals surface area (Å²) in [5, 5.41) is 14.0. The van der Waals surface area contributed by atoms with Gasteiger partial charge in [-0.1, -0.05) is 54.1 Å². The molecule has 0 aliphatic rings. The van der Waals surface area contributed by atoms with E-state index in [1.165, 1.54) is 18.2 Å². The molecule has 3 aromatic carbocycles. The smallest absolute Gasteiger partial charge is 0.282 e. The Bertz CT molecular complexity index is 925. The largest absolute Gasteiger partial charge is 0.322 e. The first kappa shape index (κ1) is 16.7. The molecule has 0 aliphatic heterocycles. The summed E-state index contributed by atoms with van der Waals surface area (Å²) >= 11 is 5.85. The van der Waals surface area contributed by atoms with Gasteiger partial charge in [0.05, 0.1) is 4.92 Å².